The number of nitrogen functional groups attached to an aromatic ring is 1. The van der Waals surface area contributed by atoms with E-state index in [-0.39, 0.29) is 0 Å². The monoisotopic (exact) mass is 424 g/mol. The molecule has 0 spiro atoms. The minimum Gasteiger partial charge on any atom is -0.399 e. The third-order valence-electron chi connectivity index (χ3n) is 5.69. The lowest BCUT2D eigenvalue weighted by Gasteiger charge is -2.23. The zero-order valence-electron chi connectivity index (χ0n) is 18.8. The van der Waals surface area contributed by atoms with Crippen LogP contribution in [0.4, 0.5) is 5.69 Å². The van der Waals surface area contributed by atoms with Gasteiger partial charge in [-0.1, -0.05) is 36.4 Å². The summed E-state index contributed by atoms with van der Waals surface area (Å²) in [5.41, 5.74) is 10.5. The van der Waals surface area contributed by atoms with Crippen molar-refractivity contribution in [2.75, 3.05) is 58.1 Å². The first-order valence-electron chi connectivity index (χ1n) is 11.8. The standard InChI is InChI=1S/C25H40N6/c26-25-9-7-23(8-10-25)20-30-19-22-3-5-24(6-4-22)21-31-17-2-13-28-15-14-27-11-1-12-29-16-18-31/h3-10,27-30H,1-2,11-21,26H2. The van der Waals surface area contributed by atoms with Gasteiger partial charge in [-0.15, -0.1) is 0 Å². The zero-order chi connectivity index (χ0) is 21.6. The van der Waals surface area contributed by atoms with Crippen molar-refractivity contribution in [1.82, 2.24) is 26.2 Å². The molecule has 1 fully saturated rings. The Bertz CT molecular complexity index is 702. The van der Waals surface area contributed by atoms with E-state index < -0.39 is 0 Å². The highest BCUT2D eigenvalue weighted by molar-refractivity contribution is 5.39. The summed E-state index contributed by atoms with van der Waals surface area (Å²) in [6.07, 6.45) is 2.38. The number of anilines is 1. The van der Waals surface area contributed by atoms with Crippen molar-refractivity contribution < 1.29 is 0 Å². The fourth-order valence-electron chi connectivity index (χ4n) is 3.83. The minimum absolute atomic E-state index is 0.812. The first-order valence-corrected chi connectivity index (χ1v) is 11.8. The zero-order valence-corrected chi connectivity index (χ0v) is 18.8. The Hall–Kier alpha value is -1.96. The first kappa shape index (κ1) is 23.7. The summed E-state index contributed by atoms with van der Waals surface area (Å²) in [6.45, 7) is 11.4. The predicted molar refractivity (Wildman–Crippen MR) is 131 cm³/mol. The molecule has 0 bridgehead atoms. The summed E-state index contributed by atoms with van der Waals surface area (Å²) in [5, 5.41) is 14.1. The van der Waals surface area contributed by atoms with E-state index in [9.17, 15) is 0 Å². The van der Waals surface area contributed by atoms with E-state index in [1.807, 2.05) is 12.1 Å². The Morgan fingerprint density at radius 3 is 1.87 bits per heavy atom. The van der Waals surface area contributed by atoms with Crippen molar-refractivity contribution in [1.29, 1.82) is 0 Å². The molecule has 1 aliphatic heterocycles. The minimum atomic E-state index is 0.812. The smallest absolute Gasteiger partial charge is 0.0314 e. The molecule has 0 unspecified atom stereocenters. The molecule has 0 radical (unpaired) electrons. The Morgan fingerprint density at radius 1 is 0.645 bits per heavy atom. The quantitative estimate of drug-likeness (QED) is 0.456. The highest BCUT2D eigenvalue weighted by atomic mass is 15.1. The van der Waals surface area contributed by atoms with Crippen LogP contribution < -0.4 is 27.0 Å². The number of nitrogens with one attached hydrogen (secondary N) is 4. The molecular formula is C25H40N6. The lowest BCUT2D eigenvalue weighted by molar-refractivity contribution is 0.260. The van der Waals surface area contributed by atoms with Crippen molar-refractivity contribution >= 4 is 5.69 Å². The van der Waals surface area contributed by atoms with Crippen molar-refractivity contribution in [2.45, 2.75) is 32.5 Å². The summed E-state index contributed by atoms with van der Waals surface area (Å²) < 4.78 is 0. The van der Waals surface area contributed by atoms with Gasteiger partial charge in [0.05, 0.1) is 0 Å². The lowest BCUT2D eigenvalue weighted by Crippen LogP contribution is -2.36. The number of nitrogens with two attached hydrogens (primary N) is 1. The summed E-state index contributed by atoms with van der Waals surface area (Å²) in [6, 6.07) is 17.1. The molecule has 0 saturated carbocycles. The third-order valence-corrected chi connectivity index (χ3v) is 5.69. The van der Waals surface area contributed by atoms with Crippen molar-refractivity contribution in [2.24, 2.45) is 0 Å². The molecule has 0 aromatic heterocycles. The number of hydrogen-bond acceptors (Lipinski definition) is 6. The molecule has 1 heterocycles. The maximum Gasteiger partial charge on any atom is 0.0314 e. The molecule has 2 aromatic rings. The summed E-state index contributed by atoms with van der Waals surface area (Å²) in [7, 11) is 0. The molecule has 6 N–H and O–H groups in total. The lowest BCUT2D eigenvalue weighted by atomic mass is 10.1. The largest absolute Gasteiger partial charge is 0.399 e. The van der Waals surface area contributed by atoms with Gasteiger partial charge in [0.25, 0.3) is 0 Å². The van der Waals surface area contributed by atoms with Crippen LogP contribution in [-0.2, 0) is 19.6 Å². The second kappa shape index (κ2) is 14.2. The average molecular weight is 425 g/mol. The molecule has 3 rings (SSSR count). The van der Waals surface area contributed by atoms with Gasteiger partial charge in [-0.25, -0.2) is 0 Å². The van der Waals surface area contributed by atoms with Gasteiger partial charge in [0, 0.05) is 51.5 Å². The maximum absolute atomic E-state index is 5.75. The van der Waals surface area contributed by atoms with Crippen LogP contribution in [0.25, 0.3) is 0 Å². The molecule has 170 valence electrons. The van der Waals surface area contributed by atoms with Gasteiger partial charge in [-0.3, -0.25) is 4.90 Å². The van der Waals surface area contributed by atoms with Crippen molar-refractivity contribution in [3.8, 4) is 0 Å². The van der Waals surface area contributed by atoms with Crippen LogP contribution in [0, 0.1) is 0 Å². The Balaban J connectivity index is 1.42. The predicted octanol–water partition coefficient (Wildman–Crippen LogP) is 1.92. The topological polar surface area (TPSA) is 77.4 Å². The van der Waals surface area contributed by atoms with Gasteiger partial charge in [-0.2, -0.15) is 0 Å². The van der Waals surface area contributed by atoms with E-state index >= 15 is 0 Å². The molecular weight excluding hydrogens is 384 g/mol. The maximum atomic E-state index is 5.75. The highest BCUT2D eigenvalue weighted by Crippen LogP contribution is 2.09. The van der Waals surface area contributed by atoms with E-state index in [1.54, 1.807) is 0 Å². The van der Waals surface area contributed by atoms with Gasteiger partial charge in [0.1, 0.15) is 0 Å². The number of nitrogens with zero attached hydrogens (tertiary/aromatic N) is 1. The van der Waals surface area contributed by atoms with E-state index in [4.69, 9.17) is 5.73 Å². The summed E-state index contributed by atoms with van der Waals surface area (Å²) in [5.74, 6) is 0. The van der Waals surface area contributed by atoms with Crippen molar-refractivity contribution in [3.63, 3.8) is 0 Å². The summed E-state index contributed by atoms with van der Waals surface area (Å²) in [4.78, 5) is 2.58. The van der Waals surface area contributed by atoms with Gasteiger partial charge in [0.2, 0.25) is 0 Å². The molecule has 1 saturated heterocycles. The Morgan fingerprint density at radius 2 is 1.19 bits per heavy atom. The molecule has 1 aliphatic rings. The van der Waals surface area contributed by atoms with Crippen LogP contribution in [0.3, 0.4) is 0 Å². The molecule has 0 atom stereocenters. The highest BCUT2D eigenvalue weighted by Gasteiger charge is 2.07. The van der Waals surface area contributed by atoms with Gasteiger partial charge in [-0.05, 0) is 67.8 Å². The fraction of sp³-hybridized carbons (Fsp3) is 0.520. The number of benzene rings is 2. The number of rotatable bonds is 6. The van der Waals surface area contributed by atoms with Gasteiger partial charge < -0.3 is 27.0 Å². The van der Waals surface area contributed by atoms with Gasteiger partial charge in [0.15, 0.2) is 0 Å². The second-order valence-corrected chi connectivity index (χ2v) is 8.39. The first-order chi connectivity index (χ1) is 15.3. The Labute approximate surface area is 188 Å². The van der Waals surface area contributed by atoms with Crippen LogP contribution in [0.5, 0.6) is 0 Å². The van der Waals surface area contributed by atoms with Crippen LogP contribution in [0.1, 0.15) is 29.5 Å². The van der Waals surface area contributed by atoms with E-state index in [2.05, 4.69) is 62.6 Å². The Kier molecular flexibility index (Phi) is 10.8. The molecule has 6 heteroatoms. The summed E-state index contributed by atoms with van der Waals surface area (Å²) >= 11 is 0. The van der Waals surface area contributed by atoms with Crippen LogP contribution in [0.2, 0.25) is 0 Å². The SMILES string of the molecule is Nc1ccc(CNCc2ccc(CN3CCCNCCNCCCNCC3)cc2)cc1. The molecule has 0 amide bonds. The van der Waals surface area contributed by atoms with E-state index in [0.717, 1.165) is 77.7 Å². The second-order valence-electron chi connectivity index (χ2n) is 8.39. The average Bonchev–Trinajstić information content (AvgIpc) is 2.79. The molecule has 31 heavy (non-hydrogen) atoms. The van der Waals surface area contributed by atoms with Crippen molar-refractivity contribution in [3.05, 3.63) is 65.2 Å². The number of hydrogen-bond donors (Lipinski definition) is 5. The van der Waals surface area contributed by atoms with E-state index in [0.29, 0.717) is 0 Å². The molecule has 2 aromatic carbocycles. The van der Waals surface area contributed by atoms with Crippen LogP contribution >= 0.6 is 0 Å². The van der Waals surface area contributed by atoms with Crippen LogP contribution in [0.15, 0.2) is 48.5 Å². The van der Waals surface area contributed by atoms with Crippen LogP contribution in [-0.4, -0.2) is 57.3 Å². The normalized spacial score (nSPS) is 17.8. The van der Waals surface area contributed by atoms with Gasteiger partial charge >= 0.3 is 0 Å². The third kappa shape index (κ3) is 9.80. The fourth-order valence-corrected chi connectivity index (χ4v) is 3.83. The molecule has 6 nitrogen and oxygen atoms in total. The van der Waals surface area contributed by atoms with E-state index in [1.165, 1.54) is 29.5 Å². The molecule has 0 aliphatic carbocycles.